The van der Waals surface area contributed by atoms with E-state index in [4.69, 9.17) is 18.6 Å². The number of para-hydroxylation sites is 1. The zero-order valence-corrected chi connectivity index (χ0v) is 26.1. The Balaban J connectivity index is 1.88. The molecule has 1 heterocycles. The van der Waals surface area contributed by atoms with Crippen molar-refractivity contribution in [2.45, 2.75) is 84.4 Å². The number of aliphatic hydroxyl groups is 1. The summed E-state index contributed by atoms with van der Waals surface area (Å²) in [7, 11) is -0.511. The summed E-state index contributed by atoms with van der Waals surface area (Å²) in [5.74, 6) is 1.70. The maximum absolute atomic E-state index is 12.6. The standard InChI is InChI=1S/C31H42N2O6Si/c1-30(2,3)38-29(35)25(34)19-21-18-23(39-40(8,9)31(4,5)6)14-15-26(21)37-20-22-16-17-32-28(33-22)24-12-10-11-13-27(24)36-7/h10-18,25,34H,19-20H2,1-9H3. The van der Waals surface area contributed by atoms with Gasteiger partial charge in [0.05, 0.1) is 18.4 Å². The zero-order valence-electron chi connectivity index (χ0n) is 25.1. The van der Waals surface area contributed by atoms with Crippen LogP contribution < -0.4 is 13.9 Å². The van der Waals surface area contributed by atoms with E-state index in [1.165, 1.54) is 0 Å². The lowest BCUT2D eigenvalue weighted by molar-refractivity contribution is -0.164. The van der Waals surface area contributed by atoms with Crippen LogP contribution in [0.5, 0.6) is 17.2 Å². The van der Waals surface area contributed by atoms with Gasteiger partial charge in [-0.1, -0.05) is 32.9 Å². The first-order chi connectivity index (χ1) is 18.6. The molecule has 0 saturated carbocycles. The van der Waals surface area contributed by atoms with E-state index in [-0.39, 0.29) is 18.1 Å². The Hall–Kier alpha value is -3.43. The second kappa shape index (κ2) is 12.4. The van der Waals surface area contributed by atoms with Crippen molar-refractivity contribution in [3.8, 4) is 28.6 Å². The van der Waals surface area contributed by atoms with Gasteiger partial charge in [0.2, 0.25) is 8.32 Å². The number of rotatable bonds is 10. The third-order valence-electron chi connectivity index (χ3n) is 6.74. The summed E-state index contributed by atoms with van der Waals surface area (Å²) in [5, 5.41) is 10.7. The van der Waals surface area contributed by atoms with Gasteiger partial charge in [-0.05, 0) is 75.3 Å². The predicted octanol–water partition coefficient (Wildman–Crippen LogP) is 6.36. The van der Waals surface area contributed by atoms with E-state index in [1.54, 1.807) is 40.1 Å². The number of aliphatic hydroxyl groups excluding tert-OH is 1. The Labute approximate surface area is 238 Å². The van der Waals surface area contributed by atoms with Gasteiger partial charge in [-0.3, -0.25) is 0 Å². The highest BCUT2D eigenvalue weighted by molar-refractivity contribution is 6.74. The first kappa shape index (κ1) is 31.1. The van der Waals surface area contributed by atoms with Crippen LogP contribution >= 0.6 is 0 Å². The molecule has 0 bridgehead atoms. The van der Waals surface area contributed by atoms with Crippen LogP contribution in [-0.2, 0) is 22.6 Å². The van der Waals surface area contributed by atoms with E-state index >= 15 is 0 Å². The van der Waals surface area contributed by atoms with Crippen LogP contribution in [-0.4, -0.2) is 48.2 Å². The van der Waals surface area contributed by atoms with Crippen molar-refractivity contribution in [2.24, 2.45) is 0 Å². The van der Waals surface area contributed by atoms with E-state index in [0.717, 1.165) is 5.56 Å². The number of methoxy groups -OCH3 is 1. The van der Waals surface area contributed by atoms with Crippen LogP contribution in [0.15, 0.2) is 54.7 Å². The molecular formula is C31H42N2O6Si. The molecule has 1 N–H and O–H groups in total. The summed E-state index contributed by atoms with van der Waals surface area (Å²) in [6.45, 7) is 16.3. The fourth-order valence-corrected chi connectivity index (χ4v) is 4.64. The lowest BCUT2D eigenvalue weighted by Gasteiger charge is -2.36. The molecule has 1 unspecified atom stereocenters. The van der Waals surface area contributed by atoms with Gasteiger partial charge in [-0.15, -0.1) is 0 Å². The monoisotopic (exact) mass is 566 g/mol. The van der Waals surface area contributed by atoms with E-state index in [2.05, 4.69) is 43.8 Å². The van der Waals surface area contributed by atoms with E-state index in [1.807, 2.05) is 42.5 Å². The minimum Gasteiger partial charge on any atom is -0.543 e. The molecule has 3 aromatic rings. The molecule has 0 aliphatic heterocycles. The van der Waals surface area contributed by atoms with Gasteiger partial charge in [-0.25, -0.2) is 14.8 Å². The van der Waals surface area contributed by atoms with Crippen LogP contribution in [0.25, 0.3) is 11.4 Å². The molecule has 0 aliphatic rings. The first-order valence-corrected chi connectivity index (χ1v) is 16.3. The van der Waals surface area contributed by atoms with Crippen LogP contribution in [0.3, 0.4) is 0 Å². The molecule has 0 aliphatic carbocycles. The van der Waals surface area contributed by atoms with Gasteiger partial charge in [0.15, 0.2) is 11.9 Å². The van der Waals surface area contributed by atoms with Crippen molar-refractivity contribution < 1.29 is 28.5 Å². The lowest BCUT2D eigenvalue weighted by Crippen LogP contribution is -2.43. The number of carbonyl (C=O) groups is 1. The van der Waals surface area contributed by atoms with Crippen molar-refractivity contribution in [2.75, 3.05) is 7.11 Å². The minimum atomic E-state index is -2.12. The summed E-state index contributed by atoms with van der Waals surface area (Å²) in [5.41, 5.74) is 1.36. The maximum atomic E-state index is 12.6. The van der Waals surface area contributed by atoms with Crippen molar-refractivity contribution in [1.29, 1.82) is 0 Å². The smallest absolute Gasteiger partial charge is 0.335 e. The molecule has 0 amide bonds. The van der Waals surface area contributed by atoms with Crippen LogP contribution in [0.1, 0.15) is 52.8 Å². The fraction of sp³-hybridized carbons (Fsp3) is 0.452. The average Bonchev–Trinajstić information content (AvgIpc) is 2.86. The Morgan fingerprint density at radius 2 is 1.70 bits per heavy atom. The SMILES string of the molecule is COc1ccccc1-c1nccc(COc2ccc(O[Si](C)(C)C(C)(C)C)cc2CC(O)C(=O)OC(C)(C)C)n1. The highest BCUT2D eigenvalue weighted by Gasteiger charge is 2.39. The number of benzene rings is 2. The Morgan fingerprint density at radius 1 is 1.00 bits per heavy atom. The topological polar surface area (TPSA) is 100 Å². The summed E-state index contributed by atoms with van der Waals surface area (Å²) in [4.78, 5) is 21.6. The molecule has 0 fully saturated rings. The number of ether oxygens (including phenoxy) is 3. The zero-order chi connectivity index (χ0) is 29.7. The molecule has 2 aromatic carbocycles. The average molecular weight is 567 g/mol. The Bertz CT molecular complexity index is 1310. The third-order valence-corrected chi connectivity index (χ3v) is 11.1. The van der Waals surface area contributed by atoms with Crippen LogP contribution in [0, 0.1) is 0 Å². The number of esters is 1. The molecule has 0 spiro atoms. The molecule has 3 rings (SSSR count). The number of hydrogen-bond donors (Lipinski definition) is 1. The fourth-order valence-electron chi connectivity index (χ4n) is 3.62. The maximum Gasteiger partial charge on any atom is 0.335 e. The van der Waals surface area contributed by atoms with Gasteiger partial charge < -0.3 is 23.7 Å². The van der Waals surface area contributed by atoms with E-state index in [0.29, 0.717) is 34.3 Å². The second-order valence-electron chi connectivity index (χ2n) is 12.2. The highest BCUT2D eigenvalue weighted by Crippen LogP contribution is 2.38. The van der Waals surface area contributed by atoms with Crippen molar-refractivity contribution in [3.63, 3.8) is 0 Å². The van der Waals surface area contributed by atoms with Crippen molar-refractivity contribution in [3.05, 3.63) is 66.0 Å². The molecule has 1 aromatic heterocycles. The molecule has 40 heavy (non-hydrogen) atoms. The van der Waals surface area contributed by atoms with Gasteiger partial charge in [0, 0.05) is 18.2 Å². The second-order valence-corrected chi connectivity index (χ2v) is 17.0. The third kappa shape index (κ3) is 8.28. The number of nitrogens with zero attached hydrogens (tertiary/aromatic N) is 2. The largest absolute Gasteiger partial charge is 0.543 e. The highest BCUT2D eigenvalue weighted by atomic mass is 28.4. The summed E-state index contributed by atoms with van der Waals surface area (Å²) in [6.07, 6.45) is 0.326. The minimum absolute atomic E-state index is 0.00448. The first-order valence-electron chi connectivity index (χ1n) is 13.4. The molecule has 0 radical (unpaired) electrons. The van der Waals surface area contributed by atoms with Gasteiger partial charge in [-0.2, -0.15) is 0 Å². The molecule has 9 heteroatoms. The normalized spacial score (nSPS) is 12.9. The Morgan fingerprint density at radius 3 is 2.35 bits per heavy atom. The van der Waals surface area contributed by atoms with Crippen LogP contribution in [0.4, 0.5) is 0 Å². The van der Waals surface area contributed by atoms with Crippen molar-refractivity contribution in [1.82, 2.24) is 9.97 Å². The van der Waals surface area contributed by atoms with Gasteiger partial charge >= 0.3 is 5.97 Å². The molecule has 216 valence electrons. The molecular weight excluding hydrogens is 524 g/mol. The van der Waals surface area contributed by atoms with E-state index in [9.17, 15) is 9.90 Å². The molecule has 8 nitrogen and oxygen atoms in total. The van der Waals surface area contributed by atoms with Gasteiger partial charge in [0.1, 0.15) is 29.5 Å². The number of aromatic nitrogens is 2. The van der Waals surface area contributed by atoms with Gasteiger partial charge in [0.25, 0.3) is 0 Å². The summed E-state index contributed by atoms with van der Waals surface area (Å²) in [6, 6.07) is 14.8. The lowest BCUT2D eigenvalue weighted by atomic mass is 10.1. The summed E-state index contributed by atoms with van der Waals surface area (Å²) >= 11 is 0. The molecule has 0 saturated heterocycles. The van der Waals surface area contributed by atoms with Crippen molar-refractivity contribution >= 4 is 14.3 Å². The van der Waals surface area contributed by atoms with Crippen LogP contribution in [0.2, 0.25) is 18.1 Å². The quantitative estimate of drug-likeness (QED) is 0.224. The Kier molecular flexibility index (Phi) is 9.63. The number of carbonyl (C=O) groups excluding carboxylic acids is 1. The summed E-state index contributed by atoms with van der Waals surface area (Å²) < 4.78 is 23.5. The molecule has 1 atom stereocenters. The van der Waals surface area contributed by atoms with E-state index < -0.39 is 26.0 Å². The number of hydrogen-bond acceptors (Lipinski definition) is 8. The predicted molar refractivity (Wildman–Crippen MR) is 158 cm³/mol.